The third-order valence-electron chi connectivity index (χ3n) is 2.34. The van der Waals surface area contributed by atoms with Crippen LogP contribution in [0.25, 0.3) is 0 Å². The Morgan fingerprint density at radius 1 is 1.33 bits per heavy atom. The fraction of sp³-hybridized carbons (Fsp3) is 0.500. The van der Waals surface area contributed by atoms with Gasteiger partial charge in [-0.25, -0.2) is 0 Å². The molecule has 3 nitrogen and oxygen atoms in total. The van der Waals surface area contributed by atoms with Gasteiger partial charge in [0, 0.05) is 13.7 Å². The second-order valence-electron chi connectivity index (χ2n) is 3.50. The Bertz CT molecular complexity index is 286. The predicted octanol–water partition coefficient (Wildman–Crippen LogP) is 2.16. The van der Waals surface area contributed by atoms with E-state index in [4.69, 9.17) is 14.6 Å². The number of rotatable bonds is 6. The van der Waals surface area contributed by atoms with Crippen molar-refractivity contribution in [1.29, 1.82) is 0 Å². The van der Waals surface area contributed by atoms with Gasteiger partial charge >= 0.3 is 0 Å². The minimum atomic E-state index is 0.194. The monoisotopic (exact) mass is 210 g/mol. The first-order valence-electron chi connectivity index (χ1n) is 5.11. The Morgan fingerprint density at radius 2 is 2.07 bits per heavy atom. The number of aliphatic hydroxyl groups excluding tert-OH is 1. The summed E-state index contributed by atoms with van der Waals surface area (Å²) in [4.78, 5) is 0. The lowest BCUT2D eigenvalue weighted by molar-refractivity contribution is 0.0501. The summed E-state index contributed by atoms with van der Waals surface area (Å²) in [5, 5.41) is 8.90. The molecule has 0 aromatic heterocycles. The van der Waals surface area contributed by atoms with Crippen LogP contribution in [0.5, 0.6) is 5.75 Å². The molecule has 15 heavy (non-hydrogen) atoms. The second kappa shape index (κ2) is 6.43. The lowest BCUT2D eigenvalue weighted by Gasteiger charge is -2.15. The summed E-state index contributed by atoms with van der Waals surface area (Å²) in [6.07, 6.45) is 0.743. The van der Waals surface area contributed by atoms with Crippen molar-refractivity contribution >= 4 is 0 Å². The van der Waals surface area contributed by atoms with Crippen molar-refractivity contribution in [2.75, 3.05) is 20.5 Å². The van der Waals surface area contributed by atoms with Crippen LogP contribution in [0.1, 0.15) is 24.8 Å². The van der Waals surface area contributed by atoms with Crippen molar-refractivity contribution in [3.8, 4) is 5.75 Å². The summed E-state index contributed by atoms with van der Waals surface area (Å²) in [7, 11) is 1.60. The van der Waals surface area contributed by atoms with Crippen molar-refractivity contribution < 1.29 is 14.6 Å². The Labute approximate surface area is 90.6 Å². The van der Waals surface area contributed by atoms with Crippen LogP contribution in [0.3, 0.4) is 0 Å². The maximum Gasteiger partial charge on any atom is 0.188 e. The molecule has 0 aliphatic rings. The number of benzene rings is 1. The molecule has 0 radical (unpaired) electrons. The van der Waals surface area contributed by atoms with Gasteiger partial charge in [-0.15, -0.1) is 0 Å². The molecule has 1 atom stereocenters. The van der Waals surface area contributed by atoms with Gasteiger partial charge in [-0.2, -0.15) is 0 Å². The van der Waals surface area contributed by atoms with Crippen molar-refractivity contribution in [2.24, 2.45) is 0 Å². The number of para-hydroxylation sites is 1. The summed E-state index contributed by atoms with van der Waals surface area (Å²) in [6, 6.07) is 7.84. The van der Waals surface area contributed by atoms with Crippen LogP contribution in [-0.2, 0) is 4.74 Å². The fourth-order valence-electron chi connectivity index (χ4n) is 1.49. The van der Waals surface area contributed by atoms with Crippen LogP contribution in [0.15, 0.2) is 24.3 Å². The fourth-order valence-corrected chi connectivity index (χ4v) is 1.49. The molecular weight excluding hydrogens is 192 g/mol. The summed E-state index contributed by atoms with van der Waals surface area (Å²) in [5.41, 5.74) is 1.11. The highest BCUT2D eigenvalue weighted by molar-refractivity contribution is 5.35. The highest BCUT2D eigenvalue weighted by Crippen LogP contribution is 2.28. The van der Waals surface area contributed by atoms with E-state index in [-0.39, 0.29) is 13.4 Å². The SMILES string of the molecule is COCOc1ccccc1C(C)CCO. The standard InChI is InChI=1S/C12H18O3/c1-10(7-8-13)11-5-3-4-6-12(11)15-9-14-2/h3-6,10,13H,7-9H2,1-2H3. The third-order valence-corrected chi connectivity index (χ3v) is 2.34. The quantitative estimate of drug-likeness (QED) is 0.731. The smallest absolute Gasteiger partial charge is 0.188 e. The average Bonchev–Trinajstić information content (AvgIpc) is 2.27. The molecule has 84 valence electrons. The molecule has 0 fully saturated rings. The zero-order valence-electron chi connectivity index (χ0n) is 9.27. The lowest BCUT2D eigenvalue weighted by atomic mass is 9.97. The van der Waals surface area contributed by atoms with Gasteiger partial charge in [0.25, 0.3) is 0 Å². The molecule has 0 saturated carbocycles. The summed E-state index contributed by atoms with van der Waals surface area (Å²) in [5.74, 6) is 1.13. The molecule has 0 saturated heterocycles. The second-order valence-corrected chi connectivity index (χ2v) is 3.50. The molecule has 3 heteroatoms. The topological polar surface area (TPSA) is 38.7 Å². The Morgan fingerprint density at radius 3 is 2.73 bits per heavy atom. The molecule has 1 aromatic carbocycles. The van der Waals surface area contributed by atoms with Gasteiger partial charge in [-0.05, 0) is 24.0 Å². The minimum Gasteiger partial charge on any atom is -0.467 e. The van der Waals surface area contributed by atoms with Crippen LogP contribution >= 0.6 is 0 Å². The first-order valence-corrected chi connectivity index (χ1v) is 5.11. The van der Waals surface area contributed by atoms with Crippen LogP contribution in [-0.4, -0.2) is 25.6 Å². The normalized spacial score (nSPS) is 12.5. The lowest BCUT2D eigenvalue weighted by Crippen LogP contribution is -2.04. The van der Waals surface area contributed by atoms with Crippen LogP contribution in [0.4, 0.5) is 0 Å². The molecular formula is C12H18O3. The van der Waals surface area contributed by atoms with E-state index in [9.17, 15) is 0 Å². The number of ether oxygens (including phenoxy) is 2. The largest absolute Gasteiger partial charge is 0.467 e. The minimum absolute atomic E-state index is 0.194. The third kappa shape index (κ3) is 3.53. The molecule has 0 aliphatic heterocycles. The van der Waals surface area contributed by atoms with Gasteiger partial charge < -0.3 is 14.6 Å². The molecule has 0 aliphatic carbocycles. The van der Waals surface area contributed by atoms with Gasteiger partial charge in [-0.1, -0.05) is 25.1 Å². The highest BCUT2D eigenvalue weighted by atomic mass is 16.7. The number of hydrogen-bond donors (Lipinski definition) is 1. The zero-order valence-corrected chi connectivity index (χ0v) is 9.27. The van der Waals surface area contributed by atoms with E-state index < -0.39 is 0 Å². The highest BCUT2D eigenvalue weighted by Gasteiger charge is 2.10. The molecule has 1 N–H and O–H groups in total. The van der Waals surface area contributed by atoms with E-state index in [1.54, 1.807) is 7.11 Å². The maximum atomic E-state index is 8.90. The van der Waals surface area contributed by atoms with Crippen LogP contribution in [0.2, 0.25) is 0 Å². The van der Waals surface area contributed by atoms with Gasteiger partial charge in [0.05, 0.1) is 0 Å². The molecule has 0 bridgehead atoms. The van der Waals surface area contributed by atoms with Crippen molar-refractivity contribution in [2.45, 2.75) is 19.3 Å². The van der Waals surface area contributed by atoms with Crippen molar-refractivity contribution in [3.05, 3.63) is 29.8 Å². The molecule has 0 amide bonds. The predicted molar refractivity (Wildman–Crippen MR) is 59.1 cm³/mol. The molecule has 1 unspecified atom stereocenters. The van der Waals surface area contributed by atoms with E-state index in [1.165, 1.54) is 0 Å². The summed E-state index contributed by atoms with van der Waals surface area (Å²) in [6.45, 7) is 2.52. The van der Waals surface area contributed by atoms with Crippen molar-refractivity contribution in [3.63, 3.8) is 0 Å². The molecule has 1 rings (SSSR count). The van der Waals surface area contributed by atoms with Gasteiger partial charge in [-0.3, -0.25) is 0 Å². The molecule has 0 spiro atoms. The van der Waals surface area contributed by atoms with Gasteiger partial charge in [0.15, 0.2) is 6.79 Å². The Hall–Kier alpha value is -1.06. The first kappa shape index (κ1) is 12.0. The summed E-state index contributed by atoms with van der Waals surface area (Å²) >= 11 is 0. The number of hydrogen-bond acceptors (Lipinski definition) is 3. The van der Waals surface area contributed by atoms with Crippen LogP contribution in [0, 0.1) is 0 Å². The van der Waals surface area contributed by atoms with Gasteiger partial charge in [0.2, 0.25) is 0 Å². The van der Waals surface area contributed by atoms with E-state index in [1.807, 2.05) is 24.3 Å². The zero-order chi connectivity index (χ0) is 11.1. The van der Waals surface area contributed by atoms with E-state index in [0.717, 1.165) is 17.7 Å². The molecule has 1 aromatic rings. The van der Waals surface area contributed by atoms with E-state index >= 15 is 0 Å². The van der Waals surface area contributed by atoms with Crippen LogP contribution < -0.4 is 4.74 Å². The van der Waals surface area contributed by atoms with Crippen molar-refractivity contribution in [1.82, 2.24) is 0 Å². The maximum absolute atomic E-state index is 8.90. The van der Waals surface area contributed by atoms with E-state index in [0.29, 0.717) is 5.92 Å². The Balaban J connectivity index is 2.75. The van der Waals surface area contributed by atoms with Gasteiger partial charge in [0.1, 0.15) is 5.75 Å². The summed E-state index contributed by atoms with van der Waals surface area (Å²) < 4.78 is 10.3. The first-order chi connectivity index (χ1) is 7.29. The Kier molecular flexibility index (Phi) is 5.15. The number of methoxy groups -OCH3 is 1. The number of aliphatic hydroxyl groups is 1. The molecule has 0 heterocycles. The average molecular weight is 210 g/mol. The van der Waals surface area contributed by atoms with E-state index in [2.05, 4.69) is 6.92 Å².